The third-order valence-corrected chi connectivity index (χ3v) is 4.86. The van der Waals surface area contributed by atoms with E-state index in [2.05, 4.69) is 28.6 Å². The van der Waals surface area contributed by atoms with Crippen molar-refractivity contribution in [1.29, 1.82) is 0 Å². The number of carboxylic acid groups (broad SMARTS) is 1. The second-order valence-electron chi connectivity index (χ2n) is 6.44. The van der Waals surface area contributed by atoms with Crippen LogP contribution < -0.4 is 21.7 Å². The molecule has 0 rings (SSSR count). The third kappa shape index (κ3) is 9.13. The first-order valence-electron chi connectivity index (χ1n) is 8.69. The van der Waals surface area contributed by atoms with Gasteiger partial charge >= 0.3 is 5.97 Å². The molecule has 0 aromatic heterocycles. The van der Waals surface area contributed by atoms with Crippen molar-refractivity contribution < 1.29 is 29.4 Å². The summed E-state index contributed by atoms with van der Waals surface area (Å²) < 4.78 is 0. The molecule has 10 nitrogen and oxygen atoms in total. The maximum Gasteiger partial charge on any atom is 0.326 e. The Morgan fingerprint density at radius 2 is 1.61 bits per heavy atom. The zero-order valence-electron chi connectivity index (χ0n) is 16.2. The first kappa shape index (κ1) is 26.5. The van der Waals surface area contributed by atoms with Crippen LogP contribution in [0.15, 0.2) is 0 Å². The minimum absolute atomic E-state index is 0.0508. The van der Waals surface area contributed by atoms with Gasteiger partial charge in [0.1, 0.15) is 18.1 Å². The van der Waals surface area contributed by atoms with Crippen molar-refractivity contribution in [2.45, 2.75) is 44.4 Å². The van der Waals surface area contributed by atoms with E-state index in [1.54, 1.807) is 13.8 Å². The molecule has 7 N–H and O–H groups in total. The SMILES string of the molecule is CSCCC(NC(=O)C(NC(=O)C(CO)NC(=O)C(N)CS)C(C)C)C(=O)O. The monoisotopic (exact) mass is 438 g/mol. The number of nitrogens with two attached hydrogens (primary N) is 1. The average Bonchev–Trinajstić information content (AvgIpc) is 2.65. The second-order valence-corrected chi connectivity index (χ2v) is 7.79. The van der Waals surface area contributed by atoms with Crippen LogP contribution in [0.3, 0.4) is 0 Å². The summed E-state index contributed by atoms with van der Waals surface area (Å²) >= 11 is 5.34. The number of carbonyl (C=O) groups is 4. The molecule has 0 fully saturated rings. The normalized spacial score (nSPS) is 15.2. The molecule has 28 heavy (non-hydrogen) atoms. The largest absolute Gasteiger partial charge is 0.480 e. The van der Waals surface area contributed by atoms with Crippen molar-refractivity contribution in [3.63, 3.8) is 0 Å². The molecule has 0 radical (unpaired) electrons. The zero-order chi connectivity index (χ0) is 21.9. The van der Waals surface area contributed by atoms with Crippen LogP contribution in [-0.4, -0.2) is 82.4 Å². The number of aliphatic hydroxyl groups excluding tert-OH is 1. The van der Waals surface area contributed by atoms with Crippen molar-refractivity contribution in [1.82, 2.24) is 16.0 Å². The topological polar surface area (TPSA) is 171 Å². The van der Waals surface area contributed by atoms with Gasteiger partial charge in [0.05, 0.1) is 12.6 Å². The van der Waals surface area contributed by atoms with E-state index in [4.69, 9.17) is 5.73 Å². The summed E-state index contributed by atoms with van der Waals surface area (Å²) in [4.78, 5) is 48.0. The number of nitrogens with one attached hydrogen (secondary N) is 3. The molecular weight excluding hydrogens is 408 g/mol. The lowest BCUT2D eigenvalue weighted by Crippen LogP contribution is -2.59. The molecule has 0 saturated carbocycles. The number of carbonyl (C=O) groups excluding carboxylic acids is 3. The minimum atomic E-state index is -1.31. The van der Waals surface area contributed by atoms with E-state index >= 15 is 0 Å². The van der Waals surface area contributed by atoms with Gasteiger partial charge in [-0.1, -0.05) is 13.8 Å². The molecule has 0 aromatic rings. The Labute approximate surface area is 174 Å². The molecular formula is C16H30N4O6S2. The Morgan fingerprint density at radius 1 is 1.04 bits per heavy atom. The lowest BCUT2D eigenvalue weighted by atomic mass is 10.0. The van der Waals surface area contributed by atoms with E-state index in [-0.39, 0.29) is 18.1 Å². The second kappa shape index (κ2) is 13.6. The molecule has 4 unspecified atom stereocenters. The number of amides is 3. The number of aliphatic carboxylic acids is 1. The lowest BCUT2D eigenvalue weighted by Gasteiger charge is -2.26. The number of aliphatic hydroxyl groups is 1. The fourth-order valence-electron chi connectivity index (χ4n) is 2.10. The summed E-state index contributed by atoms with van der Waals surface area (Å²) in [6, 6.07) is -4.39. The minimum Gasteiger partial charge on any atom is -0.480 e. The van der Waals surface area contributed by atoms with Crippen LogP contribution in [0.25, 0.3) is 0 Å². The highest BCUT2D eigenvalue weighted by molar-refractivity contribution is 7.98. The van der Waals surface area contributed by atoms with Crippen molar-refractivity contribution in [2.75, 3.05) is 24.4 Å². The van der Waals surface area contributed by atoms with Gasteiger partial charge < -0.3 is 31.9 Å². The highest BCUT2D eigenvalue weighted by Gasteiger charge is 2.31. The van der Waals surface area contributed by atoms with Gasteiger partial charge in [-0.3, -0.25) is 14.4 Å². The Balaban J connectivity index is 5.10. The number of hydrogen-bond acceptors (Lipinski definition) is 8. The van der Waals surface area contributed by atoms with Crippen LogP contribution in [0.1, 0.15) is 20.3 Å². The average molecular weight is 439 g/mol. The fraction of sp³-hybridized carbons (Fsp3) is 0.750. The Bertz CT molecular complexity index is 549. The van der Waals surface area contributed by atoms with Crippen molar-refractivity contribution in [3.8, 4) is 0 Å². The molecule has 0 spiro atoms. The van der Waals surface area contributed by atoms with Gasteiger partial charge in [0.15, 0.2) is 0 Å². The molecule has 0 aliphatic heterocycles. The molecule has 162 valence electrons. The summed E-state index contributed by atoms with van der Waals surface area (Å²) in [6.07, 6.45) is 2.05. The van der Waals surface area contributed by atoms with Crippen LogP contribution in [0.2, 0.25) is 0 Å². The zero-order valence-corrected chi connectivity index (χ0v) is 17.9. The summed E-state index contributed by atoms with van der Waals surface area (Å²) in [5.74, 6) is -3.06. The summed E-state index contributed by atoms with van der Waals surface area (Å²) in [7, 11) is 0. The quantitative estimate of drug-likeness (QED) is 0.165. The molecule has 0 saturated heterocycles. The van der Waals surface area contributed by atoms with Crippen LogP contribution in [0.5, 0.6) is 0 Å². The predicted molar refractivity (Wildman–Crippen MR) is 110 cm³/mol. The maximum atomic E-state index is 12.5. The highest BCUT2D eigenvalue weighted by atomic mass is 32.2. The molecule has 0 aliphatic carbocycles. The van der Waals surface area contributed by atoms with Crippen LogP contribution in [0, 0.1) is 5.92 Å². The van der Waals surface area contributed by atoms with E-state index < -0.39 is 54.5 Å². The smallest absolute Gasteiger partial charge is 0.326 e. The molecule has 0 aliphatic rings. The fourth-order valence-corrected chi connectivity index (χ4v) is 2.74. The summed E-state index contributed by atoms with van der Waals surface area (Å²) in [6.45, 7) is 2.64. The predicted octanol–water partition coefficient (Wildman–Crippen LogP) is -1.82. The van der Waals surface area contributed by atoms with Gasteiger partial charge in [-0.25, -0.2) is 4.79 Å². The van der Waals surface area contributed by atoms with Gasteiger partial charge in [-0.2, -0.15) is 24.4 Å². The van der Waals surface area contributed by atoms with E-state index in [1.807, 2.05) is 6.26 Å². The first-order chi connectivity index (χ1) is 13.1. The van der Waals surface area contributed by atoms with Gasteiger partial charge in [-0.05, 0) is 24.3 Å². The van der Waals surface area contributed by atoms with Crippen LogP contribution in [-0.2, 0) is 19.2 Å². The van der Waals surface area contributed by atoms with E-state index in [0.717, 1.165) is 0 Å². The number of rotatable bonds is 13. The van der Waals surface area contributed by atoms with E-state index in [9.17, 15) is 29.4 Å². The molecule has 4 atom stereocenters. The number of carboxylic acids is 1. The standard InChI is InChI=1S/C16H30N4O6S2/c1-8(2)12(15(24)18-10(16(25)26)4-5-28-3)20-14(23)11(6-21)19-13(22)9(17)7-27/h8-12,21,27H,4-7,17H2,1-3H3,(H,18,24)(H,19,22)(H,20,23)(H,25,26). The van der Waals surface area contributed by atoms with Gasteiger partial charge in [0.25, 0.3) is 0 Å². The lowest BCUT2D eigenvalue weighted by molar-refractivity contribution is -0.142. The molecule has 0 heterocycles. The molecule has 0 aromatic carbocycles. The molecule has 12 heteroatoms. The van der Waals surface area contributed by atoms with Gasteiger partial charge in [0, 0.05) is 5.75 Å². The Hall–Kier alpha value is -1.50. The van der Waals surface area contributed by atoms with Gasteiger partial charge in [0.2, 0.25) is 17.7 Å². The summed E-state index contributed by atoms with van der Waals surface area (Å²) in [5, 5.41) is 25.8. The van der Waals surface area contributed by atoms with Crippen LogP contribution >= 0.6 is 24.4 Å². The first-order valence-corrected chi connectivity index (χ1v) is 10.7. The molecule has 3 amide bonds. The van der Waals surface area contributed by atoms with Crippen molar-refractivity contribution >= 4 is 48.1 Å². The Morgan fingerprint density at radius 3 is 2.04 bits per heavy atom. The van der Waals surface area contributed by atoms with Crippen LogP contribution in [0.4, 0.5) is 0 Å². The number of hydrogen-bond donors (Lipinski definition) is 7. The number of thiol groups is 1. The summed E-state index contributed by atoms with van der Waals surface area (Å²) in [5.41, 5.74) is 5.52. The molecule has 0 bridgehead atoms. The number of thioether (sulfide) groups is 1. The van der Waals surface area contributed by atoms with Crippen molar-refractivity contribution in [2.24, 2.45) is 11.7 Å². The third-order valence-electron chi connectivity index (χ3n) is 3.82. The van der Waals surface area contributed by atoms with Crippen molar-refractivity contribution in [3.05, 3.63) is 0 Å². The highest BCUT2D eigenvalue weighted by Crippen LogP contribution is 2.06. The van der Waals surface area contributed by atoms with E-state index in [1.165, 1.54) is 11.8 Å². The Kier molecular flexibility index (Phi) is 12.9. The maximum absolute atomic E-state index is 12.5. The van der Waals surface area contributed by atoms with Gasteiger partial charge in [-0.15, -0.1) is 0 Å². The van der Waals surface area contributed by atoms with E-state index in [0.29, 0.717) is 5.75 Å².